The van der Waals surface area contributed by atoms with Gasteiger partial charge in [-0.25, -0.2) is 0 Å². The first kappa shape index (κ1) is 13.3. The Labute approximate surface area is 122 Å². The van der Waals surface area contributed by atoms with E-state index in [-0.39, 0.29) is 17.6 Å². The van der Waals surface area contributed by atoms with Crippen LogP contribution in [0.4, 0.5) is 11.4 Å². The standard InChI is InChI=1S/C16H14N2O3/c1-11-9-12-5-2-3-8-15(12)17(11)16(19)13-6-4-7-14(10-13)18(20)21/h2-8,10-11H,9H2,1H3. The summed E-state index contributed by atoms with van der Waals surface area (Å²) in [6, 6.07) is 13.7. The maximum absolute atomic E-state index is 12.7. The van der Waals surface area contributed by atoms with E-state index in [1.54, 1.807) is 11.0 Å². The Balaban J connectivity index is 1.99. The molecule has 1 aliphatic rings. The monoisotopic (exact) mass is 282 g/mol. The van der Waals surface area contributed by atoms with E-state index in [2.05, 4.69) is 0 Å². The maximum Gasteiger partial charge on any atom is 0.270 e. The SMILES string of the molecule is CC1Cc2ccccc2N1C(=O)c1cccc([N+](=O)[O-])c1. The van der Waals surface area contributed by atoms with Crippen molar-refractivity contribution in [3.05, 3.63) is 69.8 Å². The number of hydrogen-bond donors (Lipinski definition) is 0. The smallest absolute Gasteiger partial charge is 0.270 e. The molecule has 3 rings (SSSR count). The van der Waals surface area contributed by atoms with Gasteiger partial charge in [0.2, 0.25) is 0 Å². The van der Waals surface area contributed by atoms with E-state index < -0.39 is 4.92 Å². The van der Waals surface area contributed by atoms with Crippen molar-refractivity contribution < 1.29 is 9.72 Å². The Morgan fingerprint density at radius 3 is 2.76 bits per heavy atom. The largest absolute Gasteiger partial charge is 0.305 e. The van der Waals surface area contributed by atoms with Gasteiger partial charge in [-0.3, -0.25) is 14.9 Å². The second kappa shape index (κ2) is 5.01. The fraction of sp³-hybridized carbons (Fsp3) is 0.188. The first-order valence-electron chi connectivity index (χ1n) is 6.74. The third-order valence-corrected chi connectivity index (χ3v) is 3.73. The van der Waals surface area contributed by atoms with E-state index >= 15 is 0 Å². The number of hydrogen-bond acceptors (Lipinski definition) is 3. The summed E-state index contributed by atoms with van der Waals surface area (Å²) < 4.78 is 0. The van der Waals surface area contributed by atoms with E-state index in [4.69, 9.17) is 0 Å². The maximum atomic E-state index is 12.7. The van der Waals surface area contributed by atoms with Crippen molar-refractivity contribution in [2.45, 2.75) is 19.4 Å². The van der Waals surface area contributed by atoms with Crippen LogP contribution >= 0.6 is 0 Å². The molecule has 106 valence electrons. The second-order valence-corrected chi connectivity index (χ2v) is 5.16. The summed E-state index contributed by atoms with van der Waals surface area (Å²) in [7, 11) is 0. The van der Waals surface area contributed by atoms with Crippen LogP contribution in [0.1, 0.15) is 22.8 Å². The molecule has 0 bridgehead atoms. The number of anilines is 1. The van der Waals surface area contributed by atoms with Gasteiger partial charge in [0.15, 0.2) is 0 Å². The zero-order valence-electron chi connectivity index (χ0n) is 11.5. The molecule has 2 aromatic rings. The summed E-state index contributed by atoms with van der Waals surface area (Å²) in [5, 5.41) is 10.8. The zero-order chi connectivity index (χ0) is 15.0. The Hall–Kier alpha value is -2.69. The number of fused-ring (bicyclic) bond motifs is 1. The number of amides is 1. The number of para-hydroxylation sites is 1. The third kappa shape index (κ3) is 2.27. The van der Waals surface area contributed by atoms with Crippen LogP contribution in [0.15, 0.2) is 48.5 Å². The summed E-state index contributed by atoms with van der Waals surface area (Å²) >= 11 is 0. The summed E-state index contributed by atoms with van der Waals surface area (Å²) in [5.74, 6) is -0.198. The average Bonchev–Trinajstić information content (AvgIpc) is 2.82. The van der Waals surface area contributed by atoms with E-state index in [1.807, 2.05) is 31.2 Å². The molecule has 0 fully saturated rings. The van der Waals surface area contributed by atoms with Crippen LogP contribution in [-0.2, 0) is 6.42 Å². The van der Waals surface area contributed by atoms with Gasteiger partial charge in [-0.15, -0.1) is 0 Å². The number of non-ortho nitro benzene ring substituents is 1. The molecule has 0 saturated carbocycles. The highest BCUT2D eigenvalue weighted by atomic mass is 16.6. The molecule has 1 aliphatic heterocycles. The van der Waals surface area contributed by atoms with E-state index in [0.717, 1.165) is 17.7 Å². The molecule has 1 amide bonds. The van der Waals surface area contributed by atoms with Gasteiger partial charge in [-0.2, -0.15) is 0 Å². The molecule has 1 atom stereocenters. The normalized spacial score (nSPS) is 16.6. The molecule has 2 aromatic carbocycles. The van der Waals surface area contributed by atoms with Gasteiger partial charge in [0.25, 0.3) is 11.6 Å². The summed E-state index contributed by atoms with van der Waals surface area (Å²) in [5.41, 5.74) is 2.29. The van der Waals surface area contributed by atoms with Crippen molar-refractivity contribution in [2.24, 2.45) is 0 Å². The Morgan fingerprint density at radius 2 is 2.00 bits per heavy atom. The van der Waals surface area contributed by atoms with Crippen molar-refractivity contribution >= 4 is 17.3 Å². The van der Waals surface area contributed by atoms with Crippen molar-refractivity contribution in [3.8, 4) is 0 Å². The van der Waals surface area contributed by atoms with Gasteiger partial charge in [0.1, 0.15) is 0 Å². The van der Waals surface area contributed by atoms with Crippen LogP contribution < -0.4 is 4.90 Å². The van der Waals surface area contributed by atoms with Gasteiger partial charge in [0, 0.05) is 29.4 Å². The van der Waals surface area contributed by atoms with Gasteiger partial charge in [0.05, 0.1) is 4.92 Å². The van der Waals surface area contributed by atoms with Crippen LogP contribution in [-0.4, -0.2) is 16.9 Å². The topological polar surface area (TPSA) is 63.5 Å². The fourth-order valence-corrected chi connectivity index (χ4v) is 2.77. The first-order valence-corrected chi connectivity index (χ1v) is 6.74. The van der Waals surface area contributed by atoms with Crippen molar-refractivity contribution in [3.63, 3.8) is 0 Å². The second-order valence-electron chi connectivity index (χ2n) is 5.16. The highest BCUT2D eigenvalue weighted by molar-refractivity contribution is 6.08. The van der Waals surface area contributed by atoms with Crippen LogP contribution in [0.3, 0.4) is 0 Å². The molecular weight excluding hydrogens is 268 g/mol. The zero-order valence-corrected chi connectivity index (χ0v) is 11.5. The minimum absolute atomic E-state index is 0.0502. The van der Waals surface area contributed by atoms with Gasteiger partial charge in [-0.1, -0.05) is 24.3 Å². The summed E-state index contributed by atoms with van der Waals surface area (Å²) in [6.07, 6.45) is 0.802. The van der Waals surface area contributed by atoms with E-state index in [0.29, 0.717) is 5.56 Å². The number of benzene rings is 2. The highest BCUT2D eigenvalue weighted by Crippen LogP contribution is 2.33. The number of carbonyl (C=O) groups excluding carboxylic acids is 1. The number of nitro groups is 1. The fourth-order valence-electron chi connectivity index (χ4n) is 2.77. The molecule has 0 N–H and O–H groups in total. The molecule has 0 spiro atoms. The van der Waals surface area contributed by atoms with Crippen LogP contribution in [0, 0.1) is 10.1 Å². The number of nitrogens with zero attached hydrogens (tertiary/aromatic N) is 2. The molecule has 21 heavy (non-hydrogen) atoms. The predicted octanol–water partition coefficient (Wildman–Crippen LogP) is 3.19. The van der Waals surface area contributed by atoms with Crippen LogP contribution in [0.2, 0.25) is 0 Å². The van der Waals surface area contributed by atoms with E-state index in [9.17, 15) is 14.9 Å². The molecule has 0 aliphatic carbocycles. The molecule has 5 nitrogen and oxygen atoms in total. The lowest BCUT2D eigenvalue weighted by atomic mass is 10.1. The Kier molecular flexibility index (Phi) is 3.17. The van der Waals surface area contributed by atoms with E-state index in [1.165, 1.54) is 18.2 Å². The lowest BCUT2D eigenvalue weighted by Crippen LogP contribution is -2.35. The Morgan fingerprint density at radius 1 is 1.24 bits per heavy atom. The van der Waals surface area contributed by atoms with Gasteiger partial charge < -0.3 is 4.90 Å². The molecular formula is C16H14N2O3. The minimum Gasteiger partial charge on any atom is -0.305 e. The molecule has 0 radical (unpaired) electrons. The number of carbonyl (C=O) groups is 1. The molecule has 0 saturated heterocycles. The lowest BCUT2D eigenvalue weighted by molar-refractivity contribution is -0.384. The first-order chi connectivity index (χ1) is 10.1. The minimum atomic E-state index is -0.488. The van der Waals surface area contributed by atoms with Gasteiger partial charge in [-0.05, 0) is 31.0 Å². The Bertz CT molecular complexity index is 727. The van der Waals surface area contributed by atoms with Crippen LogP contribution in [0.25, 0.3) is 0 Å². The highest BCUT2D eigenvalue weighted by Gasteiger charge is 2.31. The number of nitro benzene ring substituents is 1. The lowest BCUT2D eigenvalue weighted by Gasteiger charge is -2.22. The van der Waals surface area contributed by atoms with Crippen molar-refractivity contribution in [1.29, 1.82) is 0 Å². The van der Waals surface area contributed by atoms with Gasteiger partial charge >= 0.3 is 0 Å². The molecule has 1 unspecified atom stereocenters. The third-order valence-electron chi connectivity index (χ3n) is 3.73. The van der Waals surface area contributed by atoms with Crippen LogP contribution in [0.5, 0.6) is 0 Å². The molecule has 0 aromatic heterocycles. The quantitative estimate of drug-likeness (QED) is 0.627. The predicted molar refractivity (Wildman–Crippen MR) is 79.5 cm³/mol. The average molecular weight is 282 g/mol. The summed E-state index contributed by atoms with van der Waals surface area (Å²) in [6.45, 7) is 1.98. The number of rotatable bonds is 2. The van der Waals surface area contributed by atoms with Crippen molar-refractivity contribution in [2.75, 3.05) is 4.90 Å². The van der Waals surface area contributed by atoms with Crippen molar-refractivity contribution in [1.82, 2.24) is 0 Å². The molecule has 1 heterocycles. The summed E-state index contributed by atoms with van der Waals surface area (Å²) in [4.78, 5) is 24.8. The molecule has 5 heteroatoms.